The van der Waals surface area contributed by atoms with Crippen LogP contribution in [0.3, 0.4) is 0 Å². The fourth-order valence-electron chi connectivity index (χ4n) is 0.824. The van der Waals surface area contributed by atoms with Crippen molar-refractivity contribution < 1.29 is 0 Å². The van der Waals surface area contributed by atoms with E-state index < -0.39 is 0 Å². The molecule has 0 amide bonds. The Morgan fingerprint density at radius 1 is 1.00 bits per heavy atom. The molecule has 0 unspecified atom stereocenters. The Labute approximate surface area is 80.1 Å². The van der Waals surface area contributed by atoms with Crippen molar-refractivity contribution in [2.75, 3.05) is 17.4 Å². The van der Waals surface area contributed by atoms with Gasteiger partial charge in [-0.2, -0.15) is 11.8 Å². The first kappa shape index (κ1) is 11.6. The average Bonchev–Trinajstić information content (AvgIpc) is 2.03. The van der Waals surface area contributed by atoms with Crippen molar-refractivity contribution in [3.63, 3.8) is 0 Å². The van der Waals surface area contributed by atoms with Gasteiger partial charge in [0.15, 0.2) is 0 Å². The largest absolute Gasteiger partial charge is 0.162 e. The molecule has 0 aromatic carbocycles. The van der Waals surface area contributed by atoms with Crippen LogP contribution in [0.25, 0.3) is 0 Å². The number of halogens is 1. The monoisotopic (exact) mass is 194 g/mol. The standard InChI is InChI=1S/C9H19ClS/c1-2-3-8-11-9-6-4-5-7-10/h2-9H2,1H3. The van der Waals surface area contributed by atoms with Gasteiger partial charge >= 0.3 is 0 Å². The van der Waals surface area contributed by atoms with Gasteiger partial charge in [0.2, 0.25) is 0 Å². The zero-order chi connectivity index (χ0) is 8.36. The van der Waals surface area contributed by atoms with Crippen LogP contribution in [0.4, 0.5) is 0 Å². The molecule has 0 aliphatic rings. The Hall–Kier alpha value is 0.640. The molecule has 0 aliphatic heterocycles. The van der Waals surface area contributed by atoms with E-state index in [0.29, 0.717) is 0 Å². The minimum absolute atomic E-state index is 0.833. The molecule has 0 rings (SSSR count). The number of hydrogen-bond donors (Lipinski definition) is 0. The molecule has 0 nitrogen and oxygen atoms in total. The van der Waals surface area contributed by atoms with E-state index in [1.165, 1.54) is 43.6 Å². The number of alkyl halides is 1. The Morgan fingerprint density at radius 2 is 1.73 bits per heavy atom. The molecule has 0 saturated carbocycles. The summed E-state index contributed by atoms with van der Waals surface area (Å²) in [5.74, 6) is 3.51. The molecule has 68 valence electrons. The van der Waals surface area contributed by atoms with Gasteiger partial charge in [-0.15, -0.1) is 11.6 Å². The van der Waals surface area contributed by atoms with Crippen molar-refractivity contribution in [2.45, 2.75) is 39.0 Å². The molecule has 0 bridgehead atoms. The molecule has 0 aliphatic carbocycles. The first-order valence-corrected chi connectivity index (χ1v) is 6.24. The second kappa shape index (κ2) is 10.6. The molecule has 11 heavy (non-hydrogen) atoms. The molecule has 0 N–H and O–H groups in total. The first-order valence-electron chi connectivity index (χ1n) is 4.55. The van der Waals surface area contributed by atoms with E-state index in [1.807, 2.05) is 0 Å². The molecule has 0 radical (unpaired) electrons. The van der Waals surface area contributed by atoms with E-state index in [0.717, 1.165) is 5.88 Å². The summed E-state index contributed by atoms with van der Waals surface area (Å²) >= 11 is 7.64. The second-order valence-corrected chi connectivity index (χ2v) is 4.32. The summed E-state index contributed by atoms with van der Waals surface area (Å²) in [6.45, 7) is 2.24. The SMILES string of the molecule is CCCCSCCCCCCl. The maximum atomic E-state index is 5.56. The molecule has 0 heterocycles. The van der Waals surface area contributed by atoms with E-state index >= 15 is 0 Å². The highest BCUT2D eigenvalue weighted by atomic mass is 35.5. The van der Waals surface area contributed by atoms with Gasteiger partial charge in [0.1, 0.15) is 0 Å². The Morgan fingerprint density at radius 3 is 2.36 bits per heavy atom. The third-order valence-electron chi connectivity index (χ3n) is 1.56. The van der Waals surface area contributed by atoms with E-state index in [9.17, 15) is 0 Å². The lowest BCUT2D eigenvalue weighted by Crippen LogP contribution is -1.84. The molecular formula is C9H19ClS. The lowest BCUT2D eigenvalue weighted by molar-refractivity contribution is 0.782. The molecule has 0 aromatic heterocycles. The second-order valence-electron chi connectivity index (χ2n) is 2.72. The quantitative estimate of drug-likeness (QED) is 0.417. The fraction of sp³-hybridized carbons (Fsp3) is 1.00. The van der Waals surface area contributed by atoms with Crippen LogP contribution >= 0.6 is 23.4 Å². The number of unbranched alkanes of at least 4 members (excludes halogenated alkanes) is 3. The summed E-state index contributed by atoms with van der Waals surface area (Å²) < 4.78 is 0. The zero-order valence-corrected chi connectivity index (χ0v) is 9.02. The summed E-state index contributed by atoms with van der Waals surface area (Å²) in [5.41, 5.74) is 0. The van der Waals surface area contributed by atoms with Crippen molar-refractivity contribution in [3.05, 3.63) is 0 Å². The van der Waals surface area contributed by atoms with Crippen LogP contribution in [0, 0.1) is 0 Å². The predicted molar refractivity (Wildman–Crippen MR) is 56.8 cm³/mol. The third-order valence-corrected chi connectivity index (χ3v) is 2.99. The Kier molecular flexibility index (Phi) is 11.3. The number of hydrogen-bond acceptors (Lipinski definition) is 1. The topological polar surface area (TPSA) is 0 Å². The van der Waals surface area contributed by atoms with Crippen molar-refractivity contribution in [3.8, 4) is 0 Å². The maximum Gasteiger partial charge on any atom is 0.0223 e. The summed E-state index contributed by atoms with van der Waals surface area (Å²) in [6.07, 6.45) is 6.55. The molecule has 2 heteroatoms. The molecule has 0 fully saturated rings. The Balaban J connectivity index is 2.69. The van der Waals surface area contributed by atoms with Gasteiger partial charge < -0.3 is 0 Å². The van der Waals surface area contributed by atoms with E-state index in [-0.39, 0.29) is 0 Å². The minimum Gasteiger partial charge on any atom is -0.162 e. The summed E-state index contributed by atoms with van der Waals surface area (Å²) in [6, 6.07) is 0. The average molecular weight is 195 g/mol. The first-order chi connectivity index (χ1) is 5.41. The minimum atomic E-state index is 0.833. The van der Waals surface area contributed by atoms with E-state index in [4.69, 9.17) is 11.6 Å². The van der Waals surface area contributed by atoms with Gasteiger partial charge in [0, 0.05) is 5.88 Å². The van der Waals surface area contributed by atoms with Crippen molar-refractivity contribution in [1.29, 1.82) is 0 Å². The highest BCUT2D eigenvalue weighted by Crippen LogP contribution is 2.08. The smallest absolute Gasteiger partial charge is 0.0223 e. The van der Waals surface area contributed by atoms with Crippen molar-refractivity contribution >= 4 is 23.4 Å². The molecule has 0 atom stereocenters. The number of rotatable bonds is 8. The van der Waals surface area contributed by atoms with Gasteiger partial charge in [0.25, 0.3) is 0 Å². The third kappa shape index (κ3) is 10.6. The van der Waals surface area contributed by atoms with Gasteiger partial charge in [-0.05, 0) is 30.8 Å². The lowest BCUT2D eigenvalue weighted by atomic mass is 10.3. The van der Waals surface area contributed by atoms with E-state index in [2.05, 4.69) is 18.7 Å². The Bertz CT molecular complexity index is 58.6. The highest BCUT2D eigenvalue weighted by molar-refractivity contribution is 7.99. The summed E-state index contributed by atoms with van der Waals surface area (Å²) in [4.78, 5) is 0. The number of thioether (sulfide) groups is 1. The van der Waals surface area contributed by atoms with Crippen LogP contribution in [0.2, 0.25) is 0 Å². The van der Waals surface area contributed by atoms with Crippen molar-refractivity contribution in [2.24, 2.45) is 0 Å². The molecular weight excluding hydrogens is 176 g/mol. The van der Waals surface area contributed by atoms with Crippen LogP contribution in [0.5, 0.6) is 0 Å². The van der Waals surface area contributed by atoms with Gasteiger partial charge in [-0.25, -0.2) is 0 Å². The molecule has 0 spiro atoms. The fourth-order valence-corrected chi connectivity index (χ4v) is 2.12. The van der Waals surface area contributed by atoms with Gasteiger partial charge in [-0.3, -0.25) is 0 Å². The predicted octanol–water partition coefficient (Wildman–Crippen LogP) is 3.93. The highest BCUT2D eigenvalue weighted by Gasteiger charge is 1.89. The van der Waals surface area contributed by atoms with Crippen LogP contribution in [0.1, 0.15) is 39.0 Å². The maximum absolute atomic E-state index is 5.56. The van der Waals surface area contributed by atoms with Gasteiger partial charge in [0.05, 0.1) is 0 Å². The van der Waals surface area contributed by atoms with Crippen LogP contribution in [-0.2, 0) is 0 Å². The van der Waals surface area contributed by atoms with Crippen LogP contribution in [-0.4, -0.2) is 17.4 Å². The summed E-state index contributed by atoms with van der Waals surface area (Å²) in [7, 11) is 0. The van der Waals surface area contributed by atoms with Crippen LogP contribution < -0.4 is 0 Å². The summed E-state index contributed by atoms with van der Waals surface area (Å²) in [5, 5.41) is 0. The molecule has 0 saturated heterocycles. The molecule has 0 aromatic rings. The van der Waals surface area contributed by atoms with Crippen molar-refractivity contribution in [1.82, 2.24) is 0 Å². The normalized spacial score (nSPS) is 10.4. The lowest BCUT2D eigenvalue weighted by Gasteiger charge is -1.98. The van der Waals surface area contributed by atoms with Gasteiger partial charge in [-0.1, -0.05) is 19.8 Å². The van der Waals surface area contributed by atoms with E-state index in [1.54, 1.807) is 0 Å². The van der Waals surface area contributed by atoms with Crippen LogP contribution in [0.15, 0.2) is 0 Å². The zero-order valence-electron chi connectivity index (χ0n) is 7.44.